The third kappa shape index (κ3) is 4.52. The van der Waals surface area contributed by atoms with Gasteiger partial charge in [-0.05, 0) is 30.3 Å². The maximum absolute atomic E-state index is 12.5. The van der Waals surface area contributed by atoms with Gasteiger partial charge in [0.25, 0.3) is 5.56 Å². The average molecular weight is 480 g/mol. The molecule has 0 aliphatic rings. The highest BCUT2D eigenvalue weighted by Crippen LogP contribution is 2.27. The van der Waals surface area contributed by atoms with Crippen LogP contribution in [0.3, 0.4) is 0 Å². The largest absolute Gasteiger partial charge is 0.489 e. The summed E-state index contributed by atoms with van der Waals surface area (Å²) in [4.78, 5) is 31.2. The molecule has 1 aromatic carbocycles. The van der Waals surface area contributed by atoms with Crippen LogP contribution in [-0.4, -0.2) is 36.9 Å². The van der Waals surface area contributed by atoms with E-state index in [0.29, 0.717) is 21.6 Å². The number of ether oxygens (including phenoxy) is 1. The van der Waals surface area contributed by atoms with E-state index < -0.39 is 17.4 Å². The lowest BCUT2D eigenvalue weighted by molar-refractivity contribution is 0.0939. The van der Waals surface area contributed by atoms with Gasteiger partial charge in [0.05, 0.1) is 24.4 Å². The van der Waals surface area contributed by atoms with Gasteiger partial charge in [0.2, 0.25) is 5.95 Å². The van der Waals surface area contributed by atoms with Crippen molar-refractivity contribution in [3.8, 4) is 5.75 Å². The van der Waals surface area contributed by atoms with Crippen LogP contribution in [0.2, 0.25) is 10.0 Å². The van der Waals surface area contributed by atoms with Crippen molar-refractivity contribution >= 4 is 40.3 Å². The molecule has 0 saturated heterocycles. The number of imidazole rings is 1. The number of benzene rings is 1. The monoisotopic (exact) mass is 479 g/mol. The number of H-pyrrole nitrogens is 1. The van der Waals surface area contributed by atoms with E-state index in [0.717, 1.165) is 0 Å². The molecule has 10 nitrogen and oxygen atoms in total. The number of halogens is 2. The van der Waals surface area contributed by atoms with Crippen LogP contribution in [-0.2, 0) is 20.1 Å². The Balaban J connectivity index is 1.61. The Bertz CT molecular complexity index is 1360. The van der Waals surface area contributed by atoms with E-state index in [-0.39, 0.29) is 36.8 Å². The van der Waals surface area contributed by atoms with Crippen LogP contribution in [0.15, 0.2) is 50.6 Å². The number of hydrogen-bond acceptors (Lipinski definition) is 7. The second-order valence-electron chi connectivity index (χ2n) is 7.01. The molecule has 3 N–H and O–H groups in total. The summed E-state index contributed by atoms with van der Waals surface area (Å²) >= 11 is 12.0. The molecule has 0 amide bonds. The molecule has 0 aliphatic carbocycles. The summed E-state index contributed by atoms with van der Waals surface area (Å²) in [5.74, 6) is 1.29. The van der Waals surface area contributed by atoms with E-state index in [9.17, 15) is 14.7 Å². The quantitative estimate of drug-likeness (QED) is 0.353. The molecule has 0 fully saturated rings. The van der Waals surface area contributed by atoms with Gasteiger partial charge in [-0.15, -0.1) is 0 Å². The number of hydrogen-bond donors (Lipinski definition) is 3. The lowest BCUT2D eigenvalue weighted by Gasteiger charge is -2.16. The van der Waals surface area contributed by atoms with Crippen LogP contribution in [0.4, 0.5) is 5.95 Å². The fourth-order valence-corrected chi connectivity index (χ4v) is 3.63. The normalized spacial score (nSPS) is 12.2. The number of aryl methyl sites for hydroxylation is 1. The molecule has 32 heavy (non-hydrogen) atoms. The van der Waals surface area contributed by atoms with E-state index in [1.165, 1.54) is 28.5 Å². The van der Waals surface area contributed by atoms with Crippen LogP contribution in [0.1, 0.15) is 5.76 Å². The first kappa shape index (κ1) is 22.0. The molecule has 1 atom stereocenters. The van der Waals surface area contributed by atoms with Crippen LogP contribution in [0.25, 0.3) is 11.2 Å². The van der Waals surface area contributed by atoms with Crippen LogP contribution in [0, 0.1) is 0 Å². The highest BCUT2D eigenvalue weighted by molar-refractivity contribution is 6.35. The number of aliphatic hydroxyl groups excluding tert-OH is 1. The number of rotatable bonds is 8. The zero-order chi connectivity index (χ0) is 22.8. The lowest BCUT2D eigenvalue weighted by atomic mass is 10.3. The minimum atomic E-state index is -1.03. The van der Waals surface area contributed by atoms with Crippen molar-refractivity contribution in [3.63, 3.8) is 0 Å². The Kier molecular flexibility index (Phi) is 6.26. The number of anilines is 1. The molecule has 0 aliphatic heterocycles. The molecule has 0 saturated carbocycles. The SMILES string of the molecule is Cn1c(=O)[nH]c(=O)c2c1nc(NCc1ccco1)n2C[C@@H](O)COc1ccc(Cl)cc1Cl. The number of nitrogens with zero attached hydrogens (tertiary/aromatic N) is 3. The molecule has 0 radical (unpaired) electrons. The van der Waals surface area contributed by atoms with Gasteiger partial charge in [-0.25, -0.2) is 4.79 Å². The Hall–Kier alpha value is -3.21. The van der Waals surface area contributed by atoms with Gasteiger partial charge in [0.1, 0.15) is 24.2 Å². The minimum absolute atomic E-state index is 0.0382. The summed E-state index contributed by atoms with van der Waals surface area (Å²) in [7, 11) is 1.50. The molecule has 3 heterocycles. The Labute approximate surface area is 191 Å². The standard InChI is InChI=1S/C20H19Cl2N5O5/c1-26-17-16(18(29)25-20(26)30)27(19(24-17)23-8-13-3-2-6-31-13)9-12(28)10-32-15-5-4-11(21)7-14(15)22/h2-7,12,28H,8-10H2,1H3,(H,23,24)(H,25,29,30)/t12-/m1/s1. The van der Waals surface area contributed by atoms with Gasteiger partial charge >= 0.3 is 5.69 Å². The fourth-order valence-electron chi connectivity index (χ4n) is 3.17. The highest BCUT2D eigenvalue weighted by Gasteiger charge is 2.20. The lowest BCUT2D eigenvalue weighted by Crippen LogP contribution is -2.31. The number of aromatic amines is 1. The van der Waals surface area contributed by atoms with E-state index in [1.54, 1.807) is 24.3 Å². The van der Waals surface area contributed by atoms with Gasteiger partial charge in [0, 0.05) is 12.1 Å². The Morgan fingerprint density at radius 3 is 2.84 bits per heavy atom. The molecule has 3 aromatic heterocycles. The number of furan rings is 1. The fraction of sp³-hybridized carbons (Fsp3) is 0.250. The molecule has 12 heteroatoms. The first-order chi connectivity index (χ1) is 15.3. The first-order valence-electron chi connectivity index (χ1n) is 9.55. The zero-order valence-electron chi connectivity index (χ0n) is 16.8. The molecule has 0 unspecified atom stereocenters. The van der Waals surface area contributed by atoms with Crippen molar-refractivity contribution in [1.82, 2.24) is 19.1 Å². The summed E-state index contributed by atoms with van der Waals surface area (Å²) in [6, 6.07) is 8.28. The second-order valence-corrected chi connectivity index (χ2v) is 7.85. The van der Waals surface area contributed by atoms with Crippen molar-refractivity contribution in [3.05, 3.63) is 73.2 Å². The maximum Gasteiger partial charge on any atom is 0.329 e. The highest BCUT2D eigenvalue weighted by atomic mass is 35.5. The summed E-state index contributed by atoms with van der Waals surface area (Å²) in [6.07, 6.45) is 0.511. The van der Waals surface area contributed by atoms with Gasteiger partial charge in [0.15, 0.2) is 11.2 Å². The van der Waals surface area contributed by atoms with Crippen molar-refractivity contribution in [1.29, 1.82) is 0 Å². The van der Waals surface area contributed by atoms with E-state index in [1.807, 2.05) is 0 Å². The van der Waals surface area contributed by atoms with E-state index in [2.05, 4.69) is 15.3 Å². The van der Waals surface area contributed by atoms with E-state index in [4.69, 9.17) is 32.4 Å². The maximum atomic E-state index is 12.5. The first-order valence-corrected chi connectivity index (χ1v) is 10.3. The zero-order valence-corrected chi connectivity index (χ0v) is 18.4. The molecular formula is C20H19Cl2N5O5. The Morgan fingerprint density at radius 1 is 1.31 bits per heavy atom. The van der Waals surface area contributed by atoms with Gasteiger partial charge in [-0.3, -0.25) is 14.3 Å². The third-order valence-corrected chi connectivity index (χ3v) is 5.26. The predicted octanol–water partition coefficient (Wildman–Crippen LogP) is 2.38. The van der Waals surface area contributed by atoms with Crippen molar-refractivity contribution in [2.45, 2.75) is 19.2 Å². The van der Waals surface area contributed by atoms with Crippen LogP contribution < -0.4 is 21.3 Å². The van der Waals surface area contributed by atoms with Gasteiger partial charge in [-0.2, -0.15) is 4.98 Å². The molecule has 4 aromatic rings. The molecule has 4 rings (SSSR count). The number of nitrogens with one attached hydrogen (secondary N) is 2. The summed E-state index contributed by atoms with van der Waals surface area (Å²) < 4.78 is 13.6. The van der Waals surface area contributed by atoms with E-state index >= 15 is 0 Å². The molecule has 0 bridgehead atoms. The summed E-state index contributed by atoms with van der Waals surface area (Å²) in [5.41, 5.74) is -0.895. The van der Waals surface area contributed by atoms with Crippen molar-refractivity contribution in [2.75, 3.05) is 11.9 Å². The molecule has 168 valence electrons. The number of aromatic nitrogens is 4. The van der Waals surface area contributed by atoms with Gasteiger partial charge in [-0.1, -0.05) is 23.2 Å². The van der Waals surface area contributed by atoms with Crippen molar-refractivity contribution in [2.24, 2.45) is 7.05 Å². The minimum Gasteiger partial charge on any atom is -0.489 e. The van der Waals surface area contributed by atoms with Crippen LogP contribution >= 0.6 is 23.2 Å². The van der Waals surface area contributed by atoms with Crippen molar-refractivity contribution < 1.29 is 14.3 Å². The van der Waals surface area contributed by atoms with Gasteiger partial charge < -0.3 is 24.1 Å². The second kappa shape index (κ2) is 9.11. The number of aliphatic hydroxyl groups is 1. The Morgan fingerprint density at radius 2 is 2.12 bits per heavy atom. The van der Waals surface area contributed by atoms with Crippen LogP contribution in [0.5, 0.6) is 5.75 Å². The molecule has 0 spiro atoms. The summed E-state index contributed by atoms with van der Waals surface area (Å²) in [6.45, 7) is 0.140. The number of fused-ring (bicyclic) bond motifs is 1. The average Bonchev–Trinajstić information content (AvgIpc) is 3.38. The third-order valence-electron chi connectivity index (χ3n) is 4.73. The summed E-state index contributed by atoms with van der Waals surface area (Å²) in [5, 5.41) is 14.5. The predicted molar refractivity (Wildman–Crippen MR) is 120 cm³/mol. The topological polar surface area (TPSA) is 127 Å². The molecular weight excluding hydrogens is 461 g/mol. The smallest absolute Gasteiger partial charge is 0.329 e.